The number of hydrogen-bond donors (Lipinski definition) is 0. The van der Waals surface area contributed by atoms with E-state index in [1.807, 2.05) is 30.3 Å². The molecule has 3 nitrogen and oxygen atoms in total. The third-order valence-electron chi connectivity index (χ3n) is 4.26. The molecule has 0 saturated heterocycles. The first-order chi connectivity index (χ1) is 9.62. The first-order valence-electron chi connectivity index (χ1n) is 6.80. The maximum atomic E-state index is 11.9. The molecule has 1 atom stereocenters. The molecule has 3 heteroatoms. The van der Waals surface area contributed by atoms with Crippen molar-refractivity contribution in [1.82, 2.24) is 0 Å². The van der Waals surface area contributed by atoms with E-state index in [0.29, 0.717) is 19.6 Å². The fraction of sp³-hybridized carbons (Fsp3) is 0.471. The van der Waals surface area contributed by atoms with E-state index in [0.717, 1.165) is 23.8 Å². The highest BCUT2D eigenvalue weighted by Crippen LogP contribution is 2.52. The Hall–Kier alpha value is -1.45. The standard InChI is InChI=1S/C17H22O3/c1-14-9-16(12-19-2,13-20-3)10-17(14,11-18)15-7-5-4-6-8-15/h4-8,11H,1,9-10,12-13H2,2-3H3. The number of carbonyl (C=O) groups excluding carboxylic acids is 1. The van der Waals surface area contributed by atoms with Gasteiger partial charge in [0.2, 0.25) is 0 Å². The van der Waals surface area contributed by atoms with Crippen molar-refractivity contribution >= 4 is 6.29 Å². The van der Waals surface area contributed by atoms with Crippen LogP contribution in [0.25, 0.3) is 0 Å². The summed E-state index contributed by atoms with van der Waals surface area (Å²) in [5.41, 5.74) is 1.18. The molecule has 0 bridgehead atoms. The van der Waals surface area contributed by atoms with E-state index in [1.165, 1.54) is 0 Å². The van der Waals surface area contributed by atoms with Crippen molar-refractivity contribution in [3.63, 3.8) is 0 Å². The van der Waals surface area contributed by atoms with E-state index in [9.17, 15) is 4.79 Å². The van der Waals surface area contributed by atoms with Gasteiger partial charge in [-0.1, -0.05) is 42.5 Å². The maximum absolute atomic E-state index is 11.9. The Morgan fingerprint density at radius 3 is 2.30 bits per heavy atom. The summed E-state index contributed by atoms with van der Waals surface area (Å²) in [6.07, 6.45) is 2.48. The Morgan fingerprint density at radius 1 is 1.20 bits per heavy atom. The molecule has 1 aliphatic rings. The van der Waals surface area contributed by atoms with E-state index in [1.54, 1.807) is 14.2 Å². The molecule has 2 rings (SSSR count). The molecule has 1 unspecified atom stereocenters. The smallest absolute Gasteiger partial charge is 0.134 e. The molecule has 0 spiro atoms. The first-order valence-corrected chi connectivity index (χ1v) is 6.80. The second-order valence-corrected chi connectivity index (χ2v) is 5.78. The minimum atomic E-state index is -0.613. The molecule has 1 aromatic rings. The summed E-state index contributed by atoms with van der Waals surface area (Å²) >= 11 is 0. The molecule has 0 aliphatic heterocycles. The van der Waals surface area contributed by atoms with Gasteiger partial charge in [0.25, 0.3) is 0 Å². The molecule has 20 heavy (non-hydrogen) atoms. The van der Waals surface area contributed by atoms with Gasteiger partial charge in [-0.3, -0.25) is 0 Å². The predicted octanol–water partition coefficient (Wildman–Crippen LogP) is 2.75. The molecule has 108 valence electrons. The summed E-state index contributed by atoms with van der Waals surface area (Å²) in [5.74, 6) is 0. The summed E-state index contributed by atoms with van der Waals surface area (Å²) in [4.78, 5) is 11.9. The second-order valence-electron chi connectivity index (χ2n) is 5.78. The summed E-state index contributed by atoms with van der Waals surface area (Å²) in [6.45, 7) is 5.32. The van der Waals surface area contributed by atoms with Gasteiger partial charge in [-0.2, -0.15) is 0 Å². The Bertz CT molecular complexity index is 474. The van der Waals surface area contributed by atoms with E-state index >= 15 is 0 Å². The summed E-state index contributed by atoms with van der Waals surface area (Å²) in [5, 5.41) is 0. The van der Waals surface area contributed by atoms with Gasteiger partial charge in [-0.15, -0.1) is 0 Å². The van der Waals surface area contributed by atoms with Crippen molar-refractivity contribution in [3.05, 3.63) is 48.0 Å². The van der Waals surface area contributed by atoms with E-state index < -0.39 is 5.41 Å². The fourth-order valence-electron chi connectivity index (χ4n) is 3.48. The highest BCUT2D eigenvalue weighted by Gasteiger charge is 2.51. The van der Waals surface area contributed by atoms with Crippen molar-refractivity contribution in [2.24, 2.45) is 5.41 Å². The number of allylic oxidation sites excluding steroid dienone is 1. The van der Waals surface area contributed by atoms with Crippen LogP contribution in [0.1, 0.15) is 18.4 Å². The van der Waals surface area contributed by atoms with Crippen LogP contribution in [0.4, 0.5) is 0 Å². The van der Waals surface area contributed by atoms with Crippen LogP contribution >= 0.6 is 0 Å². The summed E-state index contributed by atoms with van der Waals surface area (Å²) < 4.78 is 10.7. The maximum Gasteiger partial charge on any atom is 0.134 e. The Morgan fingerprint density at radius 2 is 1.80 bits per heavy atom. The van der Waals surface area contributed by atoms with E-state index in [4.69, 9.17) is 9.47 Å². The fourth-order valence-corrected chi connectivity index (χ4v) is 3.48. The zero-order chi connectivity index (χ0) is 14.6. The van der Waals surface area contributed by atoms with Gasteiger partial charge in [0.05, 0.1) is 18.6 Å². The molecule has 0 radical (unpaired) electrons. The number of methoxy groups -OCH3 is 2. The lowest BCUT2D eigenvalue weighted by atomic mass is 9.75. The Labute approximate surface area is 120 Å². The van der Waals surface area contributed by atoms with Gasteiger partial charge in [-0.25, -0.2) is 0 Å². The SMILES string of the molecule is C=C1CC(COC)(COC)CC1(C=O)c1ccccc1. The highest BCUT2D eigenvalue weighted by molar-refractivity contribution is 5.76. The minimum absolute atomic E-state index is 0.169. The quantitative estimate of drug-likeness (QED) is 0.591. The minimum Gasteiger partial charge on any atom is -0.384 e. The van der Waals surface area contributed by atoms with Crippen LogP contribution in [0, 0.1) is 5.41 Å². The Kier molecular flexibility index (Phi) is 4.41. The number of rotatable bonds is 6. The molecule has 1 aliphatic carbocycles. The average molecular weight is 274 g/mol. The molecular formula is C17H22O3. The predicted molar refractivity (Wildman–Crippen MR) is 78.7 cm³/mol. The lowest BCUT2D eigenvalue weighted by Gasteiger charge is -2.30. The van der Waals surface area contributed by atoms with Crippen LogP contribution in [-0.2, 0) is 19.7 Å². The summed E-state index contributed by atoms with van der Waals surface area (Å²) in [7, 11) is 3.37. The van der Waals surface area contributed by atoms with Crippen LogP contribution < -0.4 is 0 Å². The zero-order valence-electron chi connectivity index (χ0n) is 12.2. The lowest BCUT2D eigenvalue weighted by Crippen LogP contribution is -2.33. The van der Waals surface area contributed by atoms with Crippen molar-refractivity contribution in [3.8, 4) is 0 Å². The lowest BCUT2D eigenvalue weighted by molar-refractivity contribution is -0.112. The highest BCUT2D eigenvalue weighted by atomic mass is 16.5. The third-order valence-corrected chi connectivity index (χ3v) is 4.26. The van der Waals surface area contributed by atoms with Gasteiger partial charge in [0.15, 0.2) is 0 Å². The van der Waals surface area contributed by atoms with Gasteiger partial charge in [-0.05, 0) is 18.4 Å². The van der Waals surface area contributed by atoms with Crippen molar-refractivity contribution in [2.45, 2.75) is 18.3 Å². The molecule has 1 aromatic carbocycles. The van der Waals surface area contributed by atoms with Crippen LogP contribution in [0.15, 0.2) is 42.5 Å². The van der Waals surface area contributed by atoms with Crippen molar-refractivity contribution < 1.29 is 14.3 Å². The zero-order valence-corrected chi connectivity index (χ0v) is 12.2. The van der Waals surface area contributed by atoms with Crippen LogP contribution in [0.5, 0.6) is 0 Å². The molecule has 0 heterocycles. The van der Waals surface area contributed by atoms with Gasteiger partial charge in [0, 0.05) is 19.6 Å². The molecule has 1 saturated carbocycles. The van der Waals surface area contributed by atoms with Gasteiger partial charge in [0.1, 0.15) is 6.29 Å². The molecular weight excluding hydrogens is 252 g/mol. The van der Waals surface area contributed by atoms with Crippen molar-refractivity contribution in [1.29, 1.82) is 0 Å². The monoisotopic (exact) mass is 274 g/mol. The first kappa shape index (κ1) is 14.9. The number of ether oxygens (including phenoxy) is 2. The van der Waals surface area contributed by atoms with Crippen LogP contribution in [0.2, 0.25) is 0 Å². The van der Waals surface area contributed by atoms with Crippen LogP contribution in [-0.4, -0.2) is 33.7 Å². The Balaban J connectivity index is 2.41. The molecule has 0 N–H and O–H groups in total. The van der Waals surface area contributed by atoms with E-state index in [-0.39, 0.29) is 5.41 Å². The van der Waals surface area contributed by atoms with Gasteiger partial charge < -0.3 is 14.3 Å². The normalized spacial score (nSPS) is 24.8. The molecule has 0 amide bonds. The number of aldehydes is 1. The summed E-state index contributed by atoms with van der Waals surface area (Å²) in [6, 6.07) is 9.86. The molecule has 1 fully saturated rings. The number of benzene rings is 1. The largest absolute Gasteiger partial charge is 0.384 e. The number of hydrogen-bond acceptors (Lipinski definition) is 3. The number of carbonyl (C=O) groups is 1. The second kappa shape index (κ2) is 5.90. The average Bonchev–Trinajstić information content (AvgIpc) is 2.74. The third kappa shape index (κ3) is 2.43. The van der Waals surface area contributed by atoms with E-state index in [2.05, 4.69) is 6.58 Å². The van der Waals surface area contributed by atoms with Crippen molar-refractivity contribution in [2.75, 3.05) is 27.4 Å². The topological polar surface area (TPSA) is 35.5 Å². The van der Waals surface area contributed by atoms with Crippen LogP contribution in [0.3, 0.4) is 0 Å². The molecule has 0 aromatic heterocycles. The van der Waals surface area contributed by atoms with Gasteiger partial charge >= 0.3 is 0 Å².